The molecule has 2 unspecified atom stereocenters. The minimum atomic E-state index is -0.417. The number of amides is 1. The number of hydrogen-bond acceptors (Lipinski definition) is 4. The van der Waals surface area contributed by atoms with E-state index in [0.29, 0.717) is 12.1 Å². The lowest BCUT2D eigenvalue weighted by Gasteiger charge is -2.26. The number of ether oxygens (including phenoxy) is 1. The van der Waals surface area contributed by atoms with Gasteiger partial charge in [-0.25, -0.2) is 4.79 Å². The van der Waals surface area contributed by atoms with Gasteiger partial charge in [0.1, 0.15) is 5.60 Å². The van der Waals surface area contributed by atoms with Crippen molar-refractivity contribution in [2.75, 3.05) is 11.5 Å². The van der Waals surface area contributed by atoms with Gasteiger partial charge < -0.3 is 15.4 Å². The van der Waals surface area contributed by atoms with Gasteiger partial charge in [-0.05, 0) is 64.4 Å². The Morgan fingerprint density at radius 2 is 1.70 bits per heavy atom. The zero-order valence-electron chi connectivity index (χ0n) is 12.9. The van der Waals surface area contributed by atoms with E-state index >= 15 is 0 Å². The Morgan fingerprint density at radius 3 is 2.35 bits per heavy atom. The summed E-state index contributed by atoms with van der Waals surface area (Å²) in [6.45, 7) is 5.69. The van der Waals surface area contributed by atoms with Crippen LogP contribution in [-0.2, 0) is 4.74 Å². The highest BCUT2D eigenvalue weighted by Crippen LogP contribution is 2.23. The second-order valence-corrected chi connectivity index (χ2v) is 8.13. The van der Waals surface area contributed by atoms with E-state index in [4.69, 9.17) is 4.74 Å². The van der Waals surface area contributed by atoms with Crippen molar-refractivity contribution in [2.24, 2.45) is 0 Å². The van der Waals surface area contributed by atoms with Gasteiger partial charge >= 0.3 is 6.09 Å². The van der Waals surface area contributed by atoms with Crippen molar-refractivity contribution in [2.45, 2.75) is 76.6 Å². The van der Waals surface area contributed by atoms with E-state index in [2.05, 4.69) is 22.4 Å². The van der Waals surface area contributed by atoms with E-state index in [9.17, 15) is 4.79 Å². The van der Waals surface area contributed by atoms with Crippen molar-refractivity contribution in [3.63, 3.8) is 0 Å². The molecule has 116 valence electrons. The Labute approximate surface area is 126 Å². The van der Waals surface area contributed by atoms with Gasteiger partial charge in [0.15, 0.2) is 0 Å². The first-order valence-electron chi connectivity index (χ1n) is 7.76. The predicted molar refractivity (Wildman–Crippen MR) is 84.3 cm³/mol. The number of rotatable bonds is 3. The maximum absolute atomic E-state index is 11.8. The van der Waals surface area contributed by atoms with Crippen LogP contribution in [0.15, 0.2) is 0 Å². The third-order valence-electron chi connectivity index (χ3n) is 3.85. The molecular formula is C15H28N2O2S. The molecule has 0 aromatic rings. The predicted octanol–water partition coefficient (Wildman–Crippen LogP) is 2.92. The van der Waals surface area contributed by atoms with Crippen LogP contribution in [0.25, 0.3) is 0 Å². The number of thioether (sulfide) groups is 1. The molecule has 2 N–H and O–H groups in total. The molecule has 20 heavy (non-hydrogen) atoms. The van der Waals surface area contributed by atoms with Crippen LogP contribution in [-0.4, -0.2) is 41.3 Å². The molecule has 1 saturated carbocycles. The molecule has 0 aromatic heterocycles. The number of hydrogen-bond donors (Lipinski definition) is 2. The van der Waals surface area contributed by atoms with E-state index in [1.54, 1.807) is 0 Å². The largest absolute Gasteiger partial charge is 0.444 e. The molecular weight excluding hydrogens is 272 g/mol. The summed E-state index contributed by atoms with van der Waals surface area (Å²) in [5.74, 6) is 2.56. The van der Waals surface area contributed by atoms with Gasteiger partial charge in [0, 0.05) is 18.1 Å². The normalized spacial score (nSPS) is 28.4. The zero-order valence-corrected chi connectivity index (χ0v) is 13.7. The van der Waals surface area contributed by atoms with E-state index in [1.807, 2.05) is 20.8 Å². The van der Waals surface area contributed by atoms with E-state index < -0.39 is 5.60 Å². The van der Waals surface area contributed by atoms with Crippen molar-refractivity contribution in [3.8, 4) is 0 Å². The Morgan fingerprint density at radius 1 is 1.05 bits per heavy atom. The van der Waals surface area contributed by atoms with Crippen molar-refractivity contribution >= 4 is 17.9 Å². The van der Waals surface area contributed by atoms with E-state index in [0.717, 1.165) is 19.3 Å². The molecule has 2 fully saturated rings. The number of nitrogens with one attached hydrogen (secondary N) is 2. The van der Waals surface area contributed by atoms with Crippen LogP contribution in [0.1, 0.15) is 52.9 Å². The number of carbonyl (C=O) groups excluding carboxylic acids is 1. The molecule has 1 aliphatic carbocycles. The quantitative estimate of drug-likeness (QED) is 0.841. The van der Waals surface area contributed by atoms with Gasteiger partial charge in [-0.1, -0.05) is 0 Å². The van der Waals surface area contributed by atoms with Crippen molar-refractivity contribution in [3.05, 3.63) is 0 Å². The SMILES string of the molecule is CC(C)(C)OC(=O)NC1CCC(NC2CCSCC2)C1. The summed E-state index contributed by atoms with van der Waals surface area (Å²) in [5, 5.41) is 6.76. The van der Waals surface area contributed by atoms with Crippen LogP contribution in [0, 0.1) is 0 Å². The summed E-state index contributed by atoms with van der Waals surface area (Å²) < 4.78 is 5.31. The Balaban J connectivity index is 1.68. The maximum atomic E-state index is 11.8. The van der Waals surface area contributed by atoms with Gasteiger partial charge in [-0.2, -0.15) is 11.8 Å². The summed E-state index contributed by atoms with van der Waals surface area (Å²) >= 11 is 2.06. The van der Waals surface area contributed by atoms with Gasteiger partial charge in [0.05, 0.1) is 0 Å². The standard InChI is InChI=1S/C15H28N2O2S/c1-15(2,3)19-14(18)17-13-5-4-12(10-13)16-11-6-8-20-9-7-11/h11-13,16H,4-10H2,1-3H3,(H,17,18). The first kappa shape index (κ1) is 16.0. The van der Waals surface area contributed by atoms with Crippen LogP contribution >= 0.6 is 11.8 Å². The minimum absolute atomic E-state index is 0.264. The second-order valence-electron chi connectivity index (χ2n) is 6.91. The highest BCUT2D eigenvalue weighted by Gasteiger charge is 2.29. The highest BCUT2D eigenvalue weighted by molar-refractivity contribution is 7.99. The number of carbonyl (C=O) groups is 1. The molecule has 1 amide bonds. The molecule has 0 radical (unpaired) electrons. The summed E-state index contributed by atoms with van der Waals surface area (Å²) in [5.41, 5.74) is -0.417. The molecule has 2 aliphatic rings. The topological polar surface area (TPSA) is 50.4 Å². The maximum Gasteiger partial charge on any atom is 0.407 e. The molecule has 5 heteroatoms. The summed E-state index contributed by atoms with van der Waals surface area (Å²) in [4.78, 5) is 11.8. The first-order valence-corrected chi connectivity index (χ1v) is 8.91. The fourth-order valence-corrected chi connectivity index (χ4v) is 4.04. The van der Waals surface area contributed by atoms with Crippen LogP contribution < -0.4 is 10.6 Å². The average molecular weight is 300 g/mol. The molecule has 2 rings (SSSR count). The first-order chi connectivity index (χ1) is 9.42. The van der Waals surface area contributed by atoms with Crippen LogP contribution in [0.3, 0.4) is 0 Å². The molecule has 4 nitrogen and oxygen atoms in total. The fourth-order valence-electron chi connectivity index (χ4n) is 2.94. The second kappa shape index (κ2) is 7.03. The Bertz CT molecular complexity index is 324. The Kier molecular flexibility index (Phi) is 5.61. The van der Waals surface area contributed by atoms with Gasteiger partial charge in [0.2, 0.25) is 0 Å². The van der Waals surface area contributed by atoms with E-state index in [1.165, 1.54) is 24.3 Å². The lowest BCUT2D eigenvalue weighted by molar-refractivity contribution is 0.0505. The van der Waals surface area contributed by atoms with Crippen LogP contribution in [0.5, 0.6) is 0 Å². The van der Waals surface area contributed by atoms with Crippen LogP contribution in [0.2, 0.25) is 0 Å². The third kappa shape index (κ3) is 5.52. The van der Waals surface area contributed by atoms with E-state index in [-0.39, 0.29) is 12.1 Å². The summed E-state index contributed by atoms with van der Waals surface area (Å²) in [6, 6.07) is 1.50. The van der Waals surface area contributed by atoms with Gasteiger partial charge in [-0.3, -0.25) is 0 Å². The smallest absolute Gasteiger partial charge is 0.407 e. The van der Waals surface area contributed by atoms with Crippen molar-refractivity contribution in [1.82, 2.24) is 10.6 Å². The minimum Gasteiger partial charge on any atom is -0.444 e. The zero-order chi connectivity index (χ0) is 14.6. The third-order valence-corrected chi connectivity index (χ3v) is 4.89. The van der Waals surface area contributed by atoms with Gasteiger partial charge in [0.25, 0.3) is 0 Å². The molecule has 2 atom stereocenters. The van der Waals surface area contributed by atoms with Crippen molar-refractivity contribution in [1.29, 1.82) is 0 Å². The number of alkyl carbamates (subject to hydrolysis) is 1. The molecule has 1 heterocycles. The highest BCUT2D eigenvalue weighted by atomic mass is 32.2. The van der Waals surface area contributed by atoms with Gasteiger partial charge in [-0.15, -0.1) is 0 Å². The monoisotopic (exact) mass is 300 g/mol. The molecule has 0 spiro atoms. The summed E-state index contributed by atoms with van der Waals surface area (Å²) in [6.07, 6.45) is 5.53. The molecule has 0 bridgehead atoms. The van der Waals surface area contributed by atoms with Crippen LogP contribution in [0.4, 0.5) is 4.79 Å². The average Bonchev–Trinajstić information content (AvgIpc) is 2.75. The fraction of sp³-hybridized carbons (Fsp3) is 0.933. The Hall–Kier alpha value is -0.420. The molecule has 1 saturated heterocycles. The van der Waals surface area contributed by atoms with Crippen molar-refractivity contribution < 1.29 is 9.53 Å². The molecule has 1 aliphatic heterocycles. The lowest BCUT2D eigenvalue weighted by atomic mass is 10.1. The lowest BCUT2D eigenvalue weighted by Crippen LogP contribution is -2.41. The summed E-state index contributed by atoms with van der Waals surface area (Å²) in [7, 11) is 0. The molecule has 0 aromatic carbocycles.